The monoisotopic (exact) mass is 442 g/mol. The van der Waals surface area contributed by atoms with Crippen molar-refractivity contribution in [1.29, 1.82) is 0 Å². The number of hydrogen-bond donors (Lipinski definition) is 1. The van der Waals surface area contributed by atoms with Crippen LogP contribution in [-0.2, 0) is 16.1 Å². The number of aromatic nitrogens is 2. The highest BCUT2D eigenvalue weighted by Crippen LogP contribution is 2.34. The number of hydrogen-bond acceptors (Lipinski definition) is 7. The molecule has 6 nitrogen and oxygen atoms in total. The van der Waals surface area contributed by atoms with Gasteiger partial charge < -0.3 is 10.1 Å². The molecule has 0 spiro atoms. The number of benzene rings is 1. The van der Waals surface area contributed by atoms with E-state index in [0.29, 0.717) is 18.9 Å². The largest absolute Gasteiger partial charge is 0.374 e. The van der Waals surface area contributed by atoms with Gasteiger partial charge in [0.15, 0.2) is 0 Å². The van der Waals surface area contributed by atoms with Gasteiger partial charge >= 0.3 is 0 Å². The van der Waals surface area contributed by atoms with Crippen LogP contribution in [0.5, 0.6) is 0 Å². The molecule has 1 atom stereocenters. The molecule has 0 saturated carbocycles. The van der Waals surface area contributed by atoms with Crippen LogP contribution in [0.2, 0.25) is 0 Å². The fourth-order valence-corrected chi connectivity index (χ4v) is 5.51. The third kappa shape index (κ3) is 5.18. The van der Waals surface area contributed by atoms with Gasteiger partial charge in [0.2, 0.25) is 5.91 Å². The highest BCUT2D eigenvalue weighted by molar-refractivity contribution is 8.00. The second-order valence-electron chi connectivity index (χ2n) is 7.45. The Balaban J connectivity index is 1.26. The fourth-order valence-electron chi connectivity index (χ4n) is 3.56. The highest BCUT2D eigenvalue weighted by atomic mass is 32.2. The molecule has 0 radical (unpaired) electrons. The summed E-state index contributed by atoms with van der Waals surface area (Å²) in [7, 11) is 0. The van der Waals surface area contributed by atoms with Crippen molar-refractivity contribution >= 4 is 39.2 Å². The minimum atomic E-state index is 0.000139. The number of ether oxygens (including phenoxy) is 1. The molecular weight excluding hydrogens is 416 g/mol. The lowest BCUT2D eigenvalue weighted by Gasteiger charge is -2.33. The number of rotatable bonds is 7. The van der Waals surface area contributed by atoms with Crippen LogP contribution in [0, 0.1) is 13.8 Å². The molecule has 1 aromatic carbocycles. The van der Waals surface area contributed by atoms with E-state index in [4.69, 9.17) is 4.74 Å². The number of nitrogens with one attached hydrogen (secondary N) is 1. The Labute approximate surface area is 185 Å². The van der Waals surface area contributed by atoms with Crippen molar-refractivity contribution < 1.29 is 9.53 Å². The lowest BCUT2D eigenvalue weighted by Crippen LogP contribution is -2.47. The predicted octanol–water partition coefficient (Wildman–Crippen LogP) is 3.42. The molecular formula is C22H26N4O2S2. The van der Waals surface area contributed by atoms with E-state index in [1.807, 2.05) is 6.07 Å². The van der Waals surface area contributed by atoms with Crippen LogP contribution < -0.4 is 5.32 Å². The Morgan fingerprint density at radius 3 is 2.97 bits per heavy atom. The van der Waals surface area contributed by atoms with Crippen LogP contribution in [0.25, 0.3) is 10.2 Å². The second-order valence-corrected chi connectivity index (χ2v) is 9.62. The van der Waals surface area contributed by atoms with E-state index >= 15 is 0 Å². The molecule has 3 heterocycles. The quantitative estimate of drug-likeness (QED) is 0.447. The molecule has 1 saturated heterocycles. The molecule has 30 heavy (non-hydrogen) atoms. The van der Waals surface area contributed by atoms with Crippen LogP contribution in [0.15, 0.2) is 41.7 Å². The number of aryl methyl sites for hydroxylation is 2. The molecule has 158 valence electrons. The maximum absolute atomic E-state index is 12.4. The first-order valence-corrected chi connectivity index (χ1v) is 11.9. The summed E-state index contributed by atoms with van der Waals surface area (Å²) < 4.78 is 5.85. The van der Waals surface area contributed by atoms with Gasteiger partial charge in [0, 0.05) is 36.4 Å². The first kappa shape index (κ1) is 21.2. The van der Waals surface area contributed by atoms with E-state index in [2.05, 4.69) is 58.3 Å². The average Bonchev–Trinajstić information content (AvgIpc) is 3.06. The summed E-state index contributed by atoms with van der Waals surface area (Å²) >= 11 is 3.14. The molecule has 1 unspecified atom stereocenters. The Bertz CT molecular complexity index is 1010. The van der Waals surface area contributed by atoms with Crippen molar-refractivity contribution in [3.05, 3.63) is 52.7 Å². The average molecular weight is 443 g/mol. The van der Waals surface area contributed by atoms with Crippen molar-refractivity contribution in [3.8, 4) is 0 Å². The highest BCUT2D eigenvalue weighted by Gasteiger charge is 2.21. The number of thiophene rings is 1. The van der Waals surface area contributed by atoms with Crippen LogP contribution in [0.1, 0.15) is 16.0 Å². The summed E-state index contributed by atoms with van der Waals surface area (Å²) in [6, 6.07) is 10.5. The Morgan fingerprint density at radius 1 is 1.30 bits per heavy atom. The summed E-state index contributed by atoms with van der Waals surface area (Å²) in [5.41, 5.74) is 2.50. The first-order valence-electron chi connectivity index (χ1n) is 10.1. The maximum Gasteiger partial charge on any atom is 0.230 e. The van der Waals surface area contributed by atoms with E-state index in [9.17, 15) is 4.79 Å². The van der Waals surface area contributed by atoms with E-state index in [0.717, 1.165) is 34.9 Å². The Morgan fingerprint density at radius 2 is 2.13 bits per heavy atom. The third-order valence-electron chi connectivity index (χ3n) is 5.27. The zero-order chi connectivity index (χ0) is 20.9. The summed E-state index contributed by atoms with van der Waals surface area (Å²) in [6.45, 7) is 8.05. The molecule has 1 aliphatic heterocycles. The molecule has 0 bridgehead atoms. The van der Waals surface area contributed by atoms with Gasteiger partial charge in [-0.3, -0.25) is 9.69 Å². The molecule has 1 N–H and O–H groups in total. The number of carbonyl (C=O) groups excluding carboxylic acids is 1. The number of thioether (sulfide) groups is 1. The molecule has 1 aliphatic rings. The van der Waals surface area contributed by atoms with Gasteiger partial charge in [-0.25, -0.2) is 9.97 Å². The van der Waals surface area contributed by atoms with Gasteiger partial charge in [-0.05, 0) is 25.0 Å². The SMILES string of the molecule is Cc1sc2ncnc(SCC(=O)NCC3CN(Cc4ccccc4)CCO3)c2c1C. The van der Waals surface area contributed by atoms with Crippen LogP contribution in [-0.4, -0.2) is 58.9 Å². The lowest BCUT2D eigenvalue weighted by atomic mass is 10.2. The van der Waals surface area contributed by atoms with E-state index in [-0.39, 0.29) is 12.0 Å². The first-order chi connectivity index (χ1) is 14.6. The van der Waals surface area contributed by atoms with Crippen molar-refractivity contribution in [2.75, 3.05) is 32.0 Å². The van der Waals surface area contributed by atoms with E-state index in [1.54, 1.807) is 17.7 Å². The maximum atomic E-state index is 12.4. The number of nitrogens with zero attached hydrogens (tertiary/aromatic N) is 3. The van der Waals surface area contributed by atoms with Gasteiger partial charge in [0.1, 0.15) is 16.2 Å². The van der Waals surface area contributed by atoms with Crippen LogP contribution >= 0.6 is 23.1 Å². The summed E-state index contributed by atoms with van der Waals surface area (Å²) in [6.07, 6.45) is 1.60. The molecule has 4 rings (SSSR count). The standard InChI is InChI=1S/C22H26N4O2S2/c1-15-16(2)30-22-20(15)21(24-14-25-22)29-13-19(27)23-10-18-12-26(8-9-28-18)11-17-6-4-3-5-7-17/h3-7,14,18H,8-13H2,1-2H3,(H,23,27). The predicted molar refractivity (Wildman–Crippen MR) is 122 cm³/mol. The summed E-state index contributed by atoms with van der Waals surface area (Å²) in [5, 5.41) is 4.97. The minimum Gasteiger partial charge on any atom is -0.374 e. The van der Waals surface area contributed by atoms with Crippen molar-refractivity contribution in [2.24, 2.45) is 0 Å². The molecule has 1 amide bonds. The summed E-state index contributed by atoms with van der Waals surface area (Å²) in [4.78, 5) is 25.8. The molecule has 3 aromatic rings. The van der Waals surface area contributed by atoms with Gasteiger partial charge in [-0.15, -0.1) is 11.3 Å². The van der Waals surface area contributed by atoms with Crippen LogP contribution in [0.4, 0.5) is 0 Å². The summed E-state index contributed by atoms with van der Waals surface area (Å²) in [5.74, 6) is 0.334. The molecule has 1 fully saturated rings. The molecule has 8 heteroatoms. The Hall–Kier alpha value is -2.00. The normalized spacial score (nSPS) is 17.3. The zero-order valence-electron chi connectivity index (χ0n) is 17.3. The zero-order valence-corrected chi connectivity index (χ0v) is 18.9. The van der Waals surface area contributed by atoms with Crippen LogP contribution in [0.3, 0.4) is 0 Å². The third-order valence-corrected chi connectivity index (χ3v) is 7.37. The number of fused-ring (bicyclic) bond motifs is 1. The topological polar surface area (TPSA) is 67.4 Å². The number of carbonyl (C=O) groups is 1. The van der Waals surface area contributed by atoms with E-state index < -0.39 is 0 Å². The molecule has 2 aromatic heterocycles. The second kappa shape index (κ2) is 9.87. The van der Waals surface area contributed by atoms with Gasteiger partial charge in [0.25, 0.3) is 0 Å². The number of morpholine rings is 1. The smallest absolute Gasteiger partial charge is 0.230 e. The fraction of sp³-hybridized carbons (Fsp3) is 0.409. The van der Waals surface area contributed by atoms with Gasteiger partial charge in [0.05, 0.1) is 18.5 Å². The van der Waals surface area contributed by atoms with Gasteiger partial charge in [-0.2, -0.15) is 0 Å². The van der Waals surface area contributed by atoms with Crippen molar-refractivity contribution in [2.45, 2.75) is 31.5 Å². The minimum absolute atomic E-state index is 0.000139. The van der Waals surface area contributed by atoms with Crippen molar-refractivity contribution in [3.63, 3.8) is 0 Å². The molecule has 0 aliphatic carbocycles. The Kier molecular flexibility index (Phi) is 6.99. The van der Waals surface area contributed by atoms with E-state index in [1.165, 1.54) is 27.8 Å². The number of amides is 1. The van der Waals surface area contributed by atoms with Gasteiger partial charge in [-0.1, -0.05) is 42.1 Å². The van der Waals surface area contributed by atoms with Crippen molar-refractivity contribution in [1.82, 2.24) is 20.2 Å². The lowest BCUT2D eigenvalue weighted by molar-refractivity contribution is -0.119.